The first-order valence-corrected chi connectivity index (χ1v) is 8.08. The van der Waals surface area contributed by atoms with E-state index in [-0.39, 0.29) is 0 Å². The summed E-state index contributed by atoms with van der Waals surface area (Å²) < 4.78 is 8.02. The summed E-state index contributed by atoms with van der Waals surface area (Å²) in [5.74, 6) is 1.46. The maximum atomic E-state index is 5.82. The van der Waals surface area contributed by atoms with Gasteiger partial charge in [-0.1, -0.05) is 44.2 Å². The van der Waals surface area contributed by atoms with Crippen LogP contribution in [-0.4, -0.2) is 14.5 Å². The van der Waals surface area contributed by atoms with E-state index in [4.69, 9.17) is 4.74 Å². The van der Waals surface area contributed by atoms with Crippen molar-refractivity contribution in [3.63, 3.8) is 0 Å². The number of benzene rings is 1. The molecule has 0 saturated carbocycles. The molecular weight excluding hydrogens is 286 g/mol. The maximum Gasteiger partial charge on any atom is 0.191 e. The molecule has 0 aliphatic carbocycles. The molecule has 0 saturated heterocycles. The Morgan fingerprint density at radius 2 is 2.04 bits per heavy atom. The first-order valence-electron chi connectivity index (χ1n) is 8.08. The maximum absolute atomic E-state index is 5.82. The molecule has 0 bridgehead atoms. The van der Waals surface area contributed by atoms with E-state index in [0.717, 1.165) is 35.7 Å². The van der Waals surface area contributed by atoms with Crippen LogP contribution in [0.3, 0.4) is 0 Å². The molecule has 0 spiro atoms. The molecule has 4 heteroatoms. The molecule has 0 unspecified atom stereocenters. The number of aromatic nitrogens is 3. The highest BCUT2D eigenvalue weighted by Crippen LogP contribution is 2.24. The molecule has 4 nitrogen and oxygen atoms in total. The van der Waals surface area contributed by atoms with Gasteiger partial charge in [0.05, 0.1) is 18.2 Å². The number of aromatic amines is 1. The molecule has 0 fully saturated rings. The molecule has 3 aromatic rings. The Balaban J connectivity index is 1.66. The first-order chi connectivity index (χ1) is 11.2. The molecule has 1 N–H and O–H groups in total. The van der Waals surface area contributed by atoms with Crippen molar-refractivity contribution in [3.8, 4) is 17.1 Å². The summed E-state index contributed by atoms with van der Waals surface area (Å²) in [7, 11) is 0. The number of rotatable bonds is 7. The van der Waals surface area contributed by atoms with Crippen molar-refractivity contribution in [3.05, 3.63) is 60.7 Å². The van der Waals surface area contributed by atoms with Crippen LogP contribution in [-0.2, 0) is 13.2 Å². The minimum absolute atomic E-state index is 0.563. The normalized spacial score (nSPS) is 11.1. The highest BCUT2D eigenvalue weighted by atomic mass is 16.5. The summed E-state index contributed by atoms with van der Waals surface area (Å²) >= 11 is 0. The van der Waals surface area contributed by atoms with E-state index in [2.05, 4.69) is 40.5 Å². The van der Waals surface area contributed by atoms with Gasteiger partial charge in [-0.3, -0.25) is 0 Å². The lowest BCUT2D eigenvalue weighted by atomic mass is 10.1. The van der Waals surface area contributed by atoms with Crippen LogP contribution in [0, 0.1) is 5.92 Å². The Morgan fingerprint density at radius 3 is 2.83 bits per heavy atom. The number of hydrogen-bond acceptors (Lipinski definition) is 2. The van der Waals surface area contributed by atoms with Crippen molar-refractivity contribution < 1.29 is 4.74 Å². The van der Waals surface area contributed by atoms with Crippen molar-refractivity contribution in [1.82, 2.24) is 14.5 Å². The van der Waals surface area contributed by atoms with Crippen molar-refractivity contribution >= 4 is 0 Å². The Kier molecular flexibility index (Phi) is 4.81. The van der Waals surface area contributed by atoms with Gasteiger partial charge in [0.1, 0.15) is 6.61 Å². The molecule has 3 rings (SSSR count). The summed E-state index contributed by atoms with van der Waals surface area (Å²) in [4.78, 5) is 7.48. The van der Waals surface area contributed by atoms with Crippen LogP contribution >= 0.6 is 0 Å². The summed E-state index contributed by atoms with van der Waals surface area (Å²) in [5.41, 5.74) is 3.39. The molecule has 23 heavy (non-hydrogen) atoms. The number of ether oxygens (including phenoxy) is 1. The number of H-pyrrole nitrogens is 1. The number of imidazole rings is 1. The van der Waals surface area contributed by atoms with Gasteiger partial charge in [0.2, 0.25) is 0 Å². The van der Waals surface area contributed by atoms with E-state index in [1.807, 2.05) is 43.0 Å². The number of aryl methyl sites for hydroxylation is 1. The molecule has 0 aliphatic rings. The van der Waals surface area contributed by atoms with Gasteiger partial charge in [-0.05, 0) is 17.9 Å². The van der Waals surface area contributed by atoms with Gasteiger partial charge in [0, 0.05) is 24.4 Å². The summed E-state index contributed by atoms with van der Waals surface area (Å²) in [6.07, 6.45) is 6.92. The highest BCUT2D eigenvalue weighted by Gasteiger charge is 2.09. The Hall–Kier alpha value is -2.49. The molecule has 0 amide bonds. The van der Waals surface area contributed by atoms with Crippen LogP contribution < -0.4 is 4.74 Å². The number of nitrogens with one attached hydrogen (secondary N) is 1. The Morgan fingerprint density at radius 1 is 1.22 bits per heavy atom. The van der Waals surface area contributed by atoms with E-state index < -0.39 is 0 Å². The summed E-state index contributed by atoms with van der Waals surface area (Å²) in [6, 6.07) is 12.2. The zero-order valence-electron chi connectivity index (χ0n) is 13.7. The highest BCUT2D eigenvalue weighted by molar-refractivity contribution is 5.60. The zero-order chi connectivity index (χ0) is 16.1. The van der Waals surface area contributed by atoms with Gasteiger partial charge in [0.25, 0.3) is 0 Å². The minimum Gasteiger partial charge on any atom is -0.474 e. The quantitative estimate of drug-likeness (QED) is 0.698. The van der Waals surface area contributed by atoms with Crippen LogP contribution in [0.15, 0.2) is 55.1 Å². The largest absolute Gasteiger partial charge is 0.474 e. The fourth-order valence-electron chi connectivity index (χ4n) is 2.48. The predicted octanol–water partition coefficient (Wildman–Crippen LogP) is 4.50. The molecule has 0 radical (unpaired) electrons. The van der Waals surface area contributed by atoms with E-state index in [9.17, 15) is 0 Å². The lowest BCUT2D eigenvalue weighted by Crippen LogP contribution is -2.01. The molecule has 120 valence electrons. The fourth-order valence-corrected chi connectivity index (χ4v) is 2.48. The van der Waals surface area contributed by atoms with Crippen molar-refractivity contribution in [2.75, 3.05) is 0 Å². The topological polar surface area (TPSA) is 42.8 Å². The second-order valence-corrected chi connectivity index (χ2v) is 6.18. The Bertz CT molecular complexity index is 728. The lowest BCUT2D eigenvalue weighted by molar-refractivity contribution is 0.295. The minimum atomic E-state index is 0.563. The van der Waals surface area contributed by atoms with Gasteiger partial charge in [-0.2, -0.15) is 0 Å². The van der Waals surface area contributed by atoms with Crippen LogP contribution in [0.1, 0.15) is 25.8 Å². The third-order valence-corrected chi connectivity index (χ3v) is 3.85. The van der Waals surface area contributed by atoms with Gasteiger partial charge < -0.3 is 14.3 Å². The average Bonchev–Trinajstić information content (AvgIpc) is 3.20. The summed E-state index contributed by atoms with van der Waals surface area (Å²) in [6.45, 7) is 6.02. The summed E-state index contributed by atoms with van der Waals surface area (Å²) in [5, 5.41) is 0. The Labute approximate surface area is 137 Å². The predicted molar refractivity (Wildman–Crippen MR) is 92.2 cm³/mol. The zero-order valence-corrected chi connectivity index (χ0v) is 13.7. The first kappa shape index (κ1) is 15.4. The third kappa shape index (κ3) is 4.03. The van der Waals surface area contributed by atoms with Crippen LogP contribution in [0.25, 0.3) is 11.3 Å². The van der Waals surface area contributed by atoms with Gasteiger partial charge in [-0.25, -0.2) is 4.98 Å². The van der Waals surface area contributed by atoms with Gasteiger partial charge in [-0.15, -0.1) is 0 Å². The number of nitrogens with zero attached hydrogens (tertiary/aromatic N) is 2. The molecular formula is C19H23N3O. The third-order valence-electron chi connectivity index (χ3n) is 3.85. The van der Waals surface area contributed by atoms with Gasteiger partial charge in [0.15, 0.2) is 5.88 Å². The number of hydrogen-bond donors (Lipinski definition) is 1. The van der Waals surface area contributed by atoms with Gasteiger partial charge >= 0.3 is 0 Å². The second kappa shape index (κ2) is 7.18. The lowest BCUT2D eigenvalue weighted by Gasteiger charge is -2.08. The average molecular weight is 309 g/mol. The van der Waals surface area contributed by atoms with Crippen LogP contribution in [0.2, 0.25) is 0 Å². The molecule has 1 aromatic carbocycles. The van der Waals surface area contributed by atoms with Crippen molar-refractivity contribution in [2.24, 2.45) is 5.92 Å². The molecule has 2 aromatic heterocycles. The van der Waals surface area contributed by atoms with Crippen LogP contribution in [0.5, 0.6) is 5.88 Å². The molecule has 2 heterocycles. The van der Waals surface area contributed by atoms with E-state index in [0.29, 0.717) is 12.5 Å². The standard InChI is InChI=1S/C19H23N3O/c1-15(2)8-9-22-14-20-12-18(22)17-10-19(21-11-17)23-13-16-6-4-3-5-7-16/h3-7,10-12,14-15,21H,8-9,13H2,1-2H3. The second-order valence-electron chi connectivity index (χ2n) is 6.18. The smallest absolute Gasteiger partial charge is 0.191 e. The van der Waals surface area contributed by atoms with E-state index in [1.54, 1.807) is 0 Å². The molecule has 0 aliphatic heterocycles. The molecule has 0 atom stereocenters. The van der Waals surface area contributed by atoms with E-state index >= 15 is 0 Å². The fraction of sp³-hybridized carbons (Fsp3) is 0.316. The van der Waals surface area contributed by atoms with E-state index in [1.165, 1.54) is 0 Å². The van der Waals surface area contributed by atoms with Crippen molar-refractivity contribution in [1.29, 1.82) is 0 Å². The monoisotopic (exact) mass is 309 g/mol. The SMILES string of the molecule is CC(C)CCn1cncc1-c1c[nH]c(OCc2ccccc2)c1. The van der Waals surface area contributed by atoms with Crippen LogP contribution in [0.4, 0.5) is 0 Å². The van der Waals surface area contributed by atoms with Crippen molar-refractivity contribution in [2.45, 2.75) is 33.4 Å².